The molecule has 0 heterocycles. The molecule has 0 saturated heterocycles. The van der Waals surface area contributed by atoms with Gasteiger partial charge in [-0.1, -0.05) is 6.07 Å². The summed E-state index contributed by atoms with van der Waals surface area (Å²) in [6, 6.07) is 4.91. The number of aliphatic hydroxyl groups excluding tert-OH is 1. The monoisotopic (exact) mass is 286 g/mol. The van der Waals surface area contributed by atoms with Crippen LogP contribution in [0.5, 0.6) is 0 Å². The predicted molar refractivity (Wildman–Crippen MR) is 76.3 cm³/mol. The van der Waals surface area contributed by atoms with Crippen LogP contribution in [0.2, 0.25) is 0 Å². The van der Waals surface area contributed by atoms with Crippen LogP contribution in [0.3, 0.4) is 0 Å². The summed E-state index contributed by atoms with van der Waals surface area (Å²) in [6.45, 7) is 2.29. The van der Waals surface area contributed by atoms with E-state index in [2.05, 4.69) is 0 Å². The lowest BCUT2D eigenvalue weighted by Crippen LogP contribution is -2.28. The van der Waals surface area contributed by atoms with Gasteiger partial charge in [-0.15, -0.1) is 0 Å². The molecule has 0 atom stereocenters. The van der Waals surface area contributed by atoms with Crippen LogP contribution in [0.1, 0.15) is 24.8 Å². The smallest absolute Gasteiger partial charge is 0.243 e. The first kappa shape index (κ1) is 15.9. The zero-order valence-corrected chi connectivity index (χ0v) is 12.3. The molecule has 0 amide bonds. The van der Waals surface area contributed by atoms with E-state index in [-0.39, 0.29) is 11.5 Å². The summed E-state index contributed by atoms with van der Waals surface area (Å²) in [7, 11) is -1.92. The van der Waals surface area contributed by atoms with Crippen LogP contribution in [-0.4, -0.2) is 38.0 Å². The minimum atomic E-state index is -3.49. The molecule has 6 heteroatoms. The molecule has 0 fully saturated rings. The number of nitrogen functional groups attached to an aromatic ring is 1. The summed E-state index contributed by atoms with van der Waals surface area (Å²) in [6.07, 6.45) is 2.25. The van der Waals surface area contributed by atoms with Gasteiger partial charge in [-0.3, -0.25) is 0 Å². The van der Waals surface area contributed by atoms with E-state index in [0.29, 0.717) is 24.2 Å². The number of benzene rings is 1. The summed E-state index contributed by atoms with van der Waals surface area (Å²) in [5, 5.41) is 8.69. The Labute approximate surface area is 115 Å². The lowest BCUT2D eigenvalue weighted by molar-refractivity contribution is 0.281. The van der Waals surface area contributed by atoms with Crippen molar-refractivity contribution in [2.75, 3.05) is 25.9 Å². The number of unbranched alkanes of at least 4 members (excludes halogenated alkanes) is 2. The van der Waals surface area contributed by atoms with E-state index in [1.54, 1.807) is 32.2 Å². The Hall–Kier alpha value is -1.11. The fourth-order valence-corrected chi connectivity index (χ4v) is 3.28. The second-order valence-electron chi connectivity index (χ2n) is 4.58. The van der Waals surface area contributed by atoms with E-state index < -0.39 is 10.0 Å². The fourth-order valence-electron chi connectivity index (χ4n) is 1.82. The van der Waals surface area contributed by atoms with E-state index in [1.165, 1.54) is 4.31 Å². The van der Waals surface area contributed by atoms with Gasteiger partial charge in [-0.25, -0.2) is 12.7 Å². The molecule has 0 unspecified atom stereocenters. The van der Waals surface area contributed by atoms with Gasteiger partial charge in [-0.2, -0.15) is 0 Å². The predicted octanol–water partition coefficient (Wildman–Crippen LogP) is 1.36. The Balaban J connectivity index is 2.82. The highest BCUT2D eigenvalue weighted by Crippen LogP contribution is 2.23. The highest BCUT2D eigenvalue weighted by Gasteiger charge is 2.22. The number of sulfonamides is 1. The van der Waals surface area contributed by atoms with Gasteiger partial charge in [0.2, 0.25) is 10.0 Å². The van der Waals surface area contributed by atoms with Crippen LogP contribution < -0.4 is 5.73 Å². The summed E-state index contributed by atoms with van der Waals surface area (Å²) < 4.78 is 26.1. The SMILES string of the molecule is Cc1c(N)cccc1S(=O)(=O)N(C)CCCCCO. The van der Waals surface area contributed by atoms with Gasteiger partial charge >= 0.3 is 0 Å². The normalized spacial score (nSPS) is 12.0. The van der Waals surface area contributed by atoms with Gasteiger partial charge in [0.1, 0.15) is 0 Å². The van der Waals surface area contributed by atoms with Crippen molar-refractivity contribution in [1.82, 2.24) is 4.31 Å². The third-order valence-electron chi connectivity index (χ3n) is 3.15. The van der Waals surface area contributed by atoms with Crippen molar-refractivity contribution in [2.45, 2.75) is 31.1 Å². The Kier molecular flexibility index (Phi) is 5.78. The molecule has 0 radical (unpaired) electrons. The molecule has 0 saturated carbocycles. The third kappa shape index (κ3) is 3.92. The van der Waals surface area contributed by atoms with Gasteiger partial charge in [0.05, 0.1) is 4.90 Å². The number of anilines is 1. The molecule has 1 rings (SSSR count). The first-order chi connectivity index (χ1) is 8.91. The summed E-state index contributed by atoms with van der Waals surface area (Å²) in [5.41, 5.74) is 6.82. The van der Waals surface area contributed by atoms with E-state index >= 15 is 0 Å². The third-order valence-corrected chi connectivity index (χ3v) is 5.15. The second kappa shape index (κ2) is 6.88. The molecule has 1 aromatic carbocycles. The summed E-state index contributed by atoms with van der Waals surface area (Å²) >= 11 is 0. The highest BCUT2D eigenvalue weighted by atomic mass is 32.2. The first-order valence-corrected chi connectivity index (χ1v) is 7.77. The Bertz CT molecular complexity index is 515. The highest BCUT2D eigenvalue weighted by molar-refractivity contribution is 7.89. The summed E-state index contributed by atoms with van der Waals surface area (Å²) in [5.74, 6) is 0. The molecule has 0 bridgehead atoms. The summed E-state index contributed by atoms with van der Waals surface area (Å²) in [4.78, 5) is 0.261. The number of nitrogens with two attached hydrogens (primary N) is 1. The largest absolute Gasteiger partial charge is 0.398 e. The topological polar surface area (TPSA) is 83.6 Å². The maximum absolute atomic E-state index is 12.4. The minimum absolute atomic E-state index is 0.144. The molecule has 0 aromatic heterocycles. The van der Waals surface area contributed by atoms with Crippen molar-refractivity contribution in [2.24, 2.45) is 0 Å². The van der Waals surface area contributed by atoms with E-state index in [4.69, 9.17) is 10.8 Å². The minimum Gasteiger partial charge on any atom is -0.398 e. The molecule has 0 aliphatic rings. The van der Waals surface area contributed by atoms with Crippen molar-refractivity contribution in [1.29, 1.82) is 0 Å². The van der Waals surface area contributed by atoms with Crippen LogP contribution in [0, 0.1) is 6.92 Å². The first-order valence-electron chi connectivity index (χ1n) is 6.33. The van der Waals surface area contributed by atoms with Crippen molar-refractivity contribution in [3.8, 4) is 0 Å². The number of nitrogens with zero attached hydrogens (tertiary/aromatic N) is 1. The maximum atomic E-state index is 12.4. The lowest BCUT2D eigenvalue weighted by Gasteiger charge is -2.19. The van der Waals surface area contributed by atoms with E-state index in [0.717, 1.165) is 12.8 Å². The van der Waals surface area contributed by atoms with Gasteiger partial charge in [-0.05, 0) is 43.9 Å². The molecule has 3 N–H and O–H groups in total. The van der Waals surface area contributed by atoms with Gasteiger partial charge in [0.15, 0.2) is 0 Å². The van der Waals surface area contributed by atoms with Crippen LogP contribution >= 0.6 is 0 Å². The average molecular weight is 286 g/mol. The molecule has 1 aromatic rings. The van der Waals surface area contributed by atoms with Crippen LogP contribution in [0.4, 0.5) is 5.69 Å². The van der Waals surface area contributed by atoms with Gasteiger partial charge < -0.3 is 10.8 Å². The molecule has 0 spiro atoms. The van der Waals surface area contributed by atoms with Gasteiger partial charge in [0, 0.05) is 25.9 Å². The van der Waals surface area contributed by atoms with Gasteiger partial charge in [0.25, 0.3) is 0 Å². The molecule has 0 aliphatic carbocycles. The molecule has 19 heavy (non-hydrogen) atoms. The fraction of sp³-hybridized carbons (Fsp3) is 0.538. The maximum Gasteiger partial charge on any atom is 0.243 e. The Morgan fingerprint density at radius 3 is 2.58 bits per heavy atom. The number of hydrogen-bond acceptors (Lipinski definition) is 4. The van der Waals surface area contributed by atoms with Crippen LogP contribution in [0.15, 0.2) is 23.1 Å². The zero-order chi connectivity index (χ0) is 14.5. The van der Waals surface area contributed by atoms with Crippen molar-refractivity contribution < 1.29 is 13.5 Å². The molecular weight excluding hydrogens is 264 g/mol. The molecular formula is C13H22N2O3S. The molecule has 5 nitrogen and oxygen atoms in total. The van der Waals surface area contributed by atoms with Crippen molar-refractivity contribution in [3.05, 3.63) is 23.8 Å². The number of rotatable bonds is 7. The Morgan fingerprint density at radius 2 is 1.95 bits per heavy atom. The van der Waals surface area contributed by atoms with E-state index in [1.807, 2.05) is 0 Å². The quantitative estimate of drug-likeness (QED) is 0.585. The van der Waals surface area contributed by atoms with Crippen molar-refractivity contribution in [3.63, 3.8) is 0 Å². The molecule has 0 aliphatic heterocycles. The standard InChI is InChI=1S/C13H22N2O3S/c1-11-12(14)7-6-8-13(11)19(17,18)15(2)9-4-3-5-10-16/h6-8,16H,3-5,9-10,14H2,1-2H3. The second-order valence-corrected chi connectivity index (χ2v) is 6.59. The van der Waals surface area contributed by atoms with Crippen LogP contribution in [-0.2, 0) is 10.0 Å². The number of aliphatic hydroxyl groups is 1. The zero-order valence-electron chi connectivity index (χ0n) is 11.5. The molecule has 108 valence electrons. The van der Waals surface area contributed by atoms with E-state index in [9.17, 15) is 8.42 Å². The lowest BCUT2D eigenvalue weighted by atomic mass is 10.2. The van der Waals surface area contributed by atoms with Crippen molar-refractivity contribution >= 4 is 15.7 Å². The number of hydrogen-bond donors (Lipinski definition) is 2. The average Bonchev–Trinajstić information content (AvgIpc) is 2.37. The Morgan fingerprint density at radius 1 is 1.26 bits per heavy atom. The van der Waals surface area contributed by atoms with Crippen LogP contribution in [0.25, 0.3) is 0 Å².